The van der Waals surface area contributed by atoms with Gasteiger partial charge in [-0.3, -0.25) is 4.79 Å². The number of aliphatic hydroxyl groups excluding tert-OH is 1. The highest BCUT2D eigenvalue weighted by Gasteiger charge is 2.43. The number of carboxylic acid groups (broad SMARTS) is 1. The Labute approximate surface area is 192 Å². The molecule has 1 atom stereocenters. The van der Waals surface area contributed by atoms with Gasteiger partial charge in [-0.1, -0.05) is 67.8 Å². The lowest BCUT2D eigenvalue weighted by molar-refractivity contribution is -0.144. The molecule has 174 valence electrons. The molecule has 2 aromatic carbocycles. The summed E-state index contributed by atoms with van der Waals surface area (Å²) in [5, 5.41) is 23.5. The van der Waals surface area contributed by atoms with Gasteiger partial charge in [0.1, 0.15) is 18.2 Å². The summed E-state index contributed by atoms with van der Waals surface area (Å²) >= 11 is 0. The number of ether oxygens (including phenoxy) is 1. The van der Waals surface area contributed by atoms with Crippen molar-refractivity contribution in [1.29, 1.82) is 0 Å². The topological polar surface area (TPSA) is 125 Å². The molecule has 1 saturated carbocycles. The van der Waals surface area contributed by atoms with Gasteiger partial charge >= 0.3 is 12.1 Å². The molecule has 0 saturated heterocycles. The number of rotatable bonds is 7. The molecule has 8 nitrogen and oxygen atoms in total. The summed E-state index contributed by atoms with van der Waals surface area (Å²) in [6.45, 7) is -0.617. The summed E-state index contributed by atoms with van der Waals surface area (Å²) in [5.41, 5.74) is 3.15. The molecule has 4 rings (SSSR count). The van der Waals surface area contributed by atoms with Crippen molar-refractivity contribution in [1.82, 2.24) is 10.6 Å². The second kappa shape index (κ2) is 9.62. The Kier molecular flexibility index (Phi) is 6.65. The van der Waals surface area contributed by atoms with Crippen LogP contribution in [0.3, 0.4) is 0 Å². The highest BCUT2D eigenvalue weighted by Crippen LogP contribution is 2.44. The quantitative estimate of drug-likeness (QED) is 0.512. The molecule has 0 bridgehead atoms. The number of hydrogen-bond acceptors (Lipinski definition) is 5. The minimum atomic E-state index is -1.43. The van der Waals surface area contributed by atoms with Gasteiger partial charge in [0, 0.05) is 5.92 Å². The number of carboxylic acids is 1. The number of amides is 2. The van der Waals surface area contributed by atoms with E-state index in [1.807, 2.05) is 36.4 Å². The van der Waals surface area contributed by atoms with Crippen LogP contribution in [0, 0.1) is 0 Å². The SMILES string of the molecule is O=C(NC1(C(=O)NC(CO)C(=O)O)CCCCC1)OCC1c2ccccc2-c2ccccc21. The van der Waals surface area contributed by atoms with Crippen molar-refractivity contribution in [2.45, 2.75) is 49.6 Å². The minimum absolute atomic E-state index is 0.106. The Balaban J connectivity index is 1.47. The van der Waals surface area contributed by atoms with E-state index in [-0.39, 0.29) is 12.5 Å². The Bertz CT molecular complexity index is 1000. The van der Waals surface area contributed by atoms with E-state index in [2.05, 4.69) is 22.8 Å². The Morgan fingerprint density at radius 1 is 0.970 bits per heavy atom. The van der Waals surface area contributed by atoms with Crippen molar-refractivity contribution < 1.29 is 29.3 Å². The monoisotopic (exact) mass is 452 g/mol. The number of alkyl carbamates (subject to hydrolysis) is 1. The third kappa shape index (κ3) is 4.57. The number of aliphatic carboxylic acids is 1. The highest BCUT2D eigenvalue weighted by molar-refractivity contribution is 5.93. The maximum absolute atomic E-state index is 13.0. The van der Waals surface area contributed by atoms with Gasteiger partial charge in [-0.25, -0.2) is 9.59 Å². The van der Waals surface area contributed by atoms with Crippen LogP contribution in [0.5, 0.6) is 0 Å². The molecule has 2 aliphatic carbocycles. The molecule has 1 fully saturated rings. The van der Waals surface area contributed by atoms with Gasteiger partial charge in [-0.2, -0.15) is 0 Å². The first-order valence-corrected chi connectivity index (χ1v) is 11.2. The molecule has 4 N–H and O–H groups in total. The maximum Gasteiger partial charge on any atom is 0.408 e. The van der Waals surface area contributed by atoms with Crippen LogP contribution in [-0.2, 0) is 14.3 Å². The second-order valence-electron chi connectivity index (χ2n) is 8.64. The van der Waals surface area contributed by atoms with Gasteiger partial charge in [0.15, 0.2) is 0 Å². The molecular weight excluding hydrogens is 424 g/mol. The largest absolute Gasteiger partial charge is 0.480 e. The van der Waals surface area contributed by atoms with E-state index in [9.17, 15) is 19.5 Å². The van der Waals surface area contributed by atoms with E-state index in [1.165, 1.54) is 0 Å². The molecule has 2 aliphatic rings. The third-order valence-corrected chi connectivity index (χ3v) is 6.61. The zero-order chi connectivity index (χ0) is 23.4. The lowest BCUT2D eigenvalue weighted by Crippen LogP contribution is -2.62. The summed E-state index contributed by atoms with van der Waals surface area (Å²) in [4.78, 5) is 37.0. The first kappa shape index (κ1) is 22.8. The standard InChI is InChI=1S/C25H28N2O6/c28-14-21(22(29)30)26-23(31)25(12-6-1-7-13-25)27-24(32)33-15-20-18-10-4-2-8-16(18)17-9-3-5-11-19(17)20/h2-5,8-11,20-21,28H,1,6-7,12-15H2,(H,26,31)(H,27,32)(H,29,30). The maximum atomic E-state index is 13.0. The van der Waals surface area contributed by atoms with Crippen LogP contribution in [-0.4, -0.2) is 53.0 Å². The van der Waals surface area contributed by atoms with Crippen LogP contribution in [0.1, 0.15) is 49.1 Å². The molecule has 0 spiro atoms. The van der Waals surface area contributed by atoms with Gasteiger partial charge in [0.05, 0.1) is 6.61 Å². The predicted octanol–water partition coefficient (Wildman–Crippen LogP) is 2.79. The molecule has 0 radical (unpaired) electrons. The molecule has 1 unspecified atom stereocenters. The van der Waals surface area contributed by atoms with Crippen LogP contribution in [0.2, 0.25) is 0 Å². The number of carbonyl (C=O) groups excluding carboxylic acids is 2. The number of hydrogen-bond donors (Lipinski definition) is 4. The van der Waals surface area contributed by atoms with Crippen molar-refractivity contribution in [3.63, 3.8) is 0 Å². The zero-order valence-electron chi connectivity index (χ0n) is 18.3. The minimum Gasteiger partial charge on any atom is -0.480 e. The number of aliphatic hydroxyl groups is 1. The summed E-state index contributed by atoms with van der Waals surface area (Å²) in [5.74, 6) is -2.06. The number of nitrogens with one attached hydrogen (secondary N) is 2. The number of fused-ring (bicyclic) bond motifs is 3. The fourth-order valence-electron chi connectivity index (χ4n) is 4.88. The van der Waals surface area contributed by atoms with E-state index in [1.54, 1.807) is 0 Å². The van der Waals surface area contributed by atoms with E-state index >= 15 is 0 Å². The fourth-order valence-corrected chi connectivity index (χ4v) is 4.88. The van der Waals surface area contributed by atoms with E-state index < -0.39 is 36.2 Å². The van der Waals surface area contributed by atoms with Crippen LogP contribution < -0.4 is 10.6 Å². The van der Waals surface area contributed by atoms with Crippen molar-refractivity contribution in [2.24, 2.45) is 0 Å². The van der Waals surface area contributed by atoms with Crippen LogP contribution in [0.25, 0.3) is 11.1 Å². The molecule has 2 aromatic rings. The Morgan fingerprint density at radius 2 is 1.55 bits per heavy atom. The van der Waals surface area contributed by atoms with E-state index in [0.717, 1.165) is 28.7 Å². The van der Waals surface area contributed by atoms with Gasteiger partial charge in [0.25, 0.3) is 0 Å². The molecule has 0 aliphatic heterocycles. The van der Waals surface area contributed by atoms with Gasteiger partial charge < -0.3 is 25.6 Å². The molecule has 2 amide bonds. The Hall–Kier alpha value is -3.39. The first-order valence-electron chi connectivity index (χ1n) is 11.2. The average molecular weight is 453 g/mol. The summed E-state index contributed by atoms with van der Waals surface area (Å²) in [7, 11) is 0. The van der Waals surface area contributed by atoms with E-state index in [4.69, 9.17) is 9.84 Å². The number of benzene rings is 2. The first-order chi connectivity index (χ1) is 15.9. The third-order valence-electron chi connectivity index (χ3n) is 6.61. The Morgan fingerprint density at radius 3 is 2.09 bits per heavy atom. The summed E-state index contributed by atoms with van der Waals surface area (Å²) in [6, 6.07) is 14.6. The van der Waals surface area contributed by atoms with Crippen molar-refractivity contribution >= 4 is 18.0 Å². The van der Waals surface area contributed by atoms with Crippen LogP contribution in [0.4, 0.5) is 4.79 Å². The zero-order valence-corrected chi connectivity index (χ0v) is 18.3. The molecular formula is C25H28N2O6. The molecule has 33 heavy (non-hydrogen) atoms. The van der Waals surface area contributed by atoms with Gasteiger partial charge in [0.2, 0.25) is 5.91 Å². The van der Waals surface area contributed by atoms with Gasteiger partial charge in [-0.15, -0.1) is 0 Å². The van der Waals surface area contributed by atoms with Crippen molar-refractivity contribution in [3.8, 4) is 11.1 Å². The highest BCUT2D eigenvalue weighted by atomic mass is 16.5. The smallest absolute Gasteiger partial charge is 0.408 e. The molecule has 8 heteroatoms. The summed E-state index contributed by atoms with van der Waals surface area (Å²) in [6.07, 6.45) is 2.39. The van der Waals surface area contributed by atoms with Crippen molar-refractivity contribution in [3.05, 3.63) is 59.7 Å². The number of carbonyl (C=O) groups is 3. The average Bonchev–Trinajstić information content (AvgIpc) is 3.15. The normalized spacial score (nSPS) is 17.4. The van der Waals surface area contributed by atoms with Crippen LogP contribution in [0.15, 0.2) is 48.5 Å². The second-order valence-corrected chi connectivity index (χ2v) is 8.64. The van der Waals surface area contributed by atoms with Crippen molar-refractivity contribution in [2.75, 3.05) is 13.2 Å². The predicted molar refractivity (Wildman–Crippen MR) is 121 cm³/mol. The lowest BCUT2D eigenvalue weighted by atomic mass is 9.80. The van der Waals surface area contributed by atoms with Crippen LogP contribution >= 0.6 is 0 Å². The molecule has 0 aromatic heterocycles. The summed E-state index contributed by atoms with van der Waals surface area (Å²) < 4.78 is 5.60. The van der Waals surface area contributed by atoms with Gasteiger partial charge in [-0.05, 0) is 35.1 Å². The fraction of sp³-hybridized carbons (Fsp3) is 0.400. The van der Waals surface area contributed by atoms with E-state index in [0.29, 0.717) is 25.7 Å². The molecule has 0 heterocycles. The lowest BCUT2D eigenvalue weighted by Gasteiger charge is -2.36.